The van der Waals surface area contributed by atoms with Gasteiger partial charge in [0.1, 0.15) is 5.82 Å². The van der Waals surface area contributed by atoms with Gasteiger partial charge >= 0.3 is 6.03 Å². The number of aryl methyl sites for hydroxylation is 4. The average molecular weight is 465 g/mol. The summed E-state index contributed by atoms with van der Waals surface area (Å²) in [7, 11) is 4.13. The number of nitrogens with zero attached hydrogens (tertiary/aromatic N) is 3. The van der Waals surface area contributed by atoms with E-state index in [4.69, 9.17) is 9.97 Å². The van der Waals surface area contributed by atoms with E-state index in [1.165, 1.54) is 29.7 Å². The van der Waals surface area contributed by atoms with Crippen LogP contribution >= 0.6 is 0 Å². The number of amides is 2. The zero-order valence-corrected chi connectivity index (χ0v) is 21.4. The van der Waals surface area contributed by atoms with Crippen molar-refractivity contribution in [2.24, 2.45) is 5.92 Å². The van der Waals surface area contributed by atoms with E-state index >= 15 is 0 Å². The van der Waals surface area contributed by atoms with Crippen LogP contribution < -0.4 is 20.9 Å². The van der Waals surface area contributed by atoms with Gasteiger partial charge < -0.3 is 20.9 Å². The molecule has 3 N–H and O–H groups in total. The maximum Gasteiger partial charge on any atom is 0.319 e. The summed E-state index contributed by atoms with van der Waals surface area (Å²) in [6, 6.07) is 4.48. The van der Waals surface area contributed by atoms with Crippen molar-refractivity contribution in [2.75, 3.05) is 36.2 Å². The van der Waals surface area contributed by atoms with Gasteiger partial charge in [-0.25, -0.2) is 9.78 Å². The predicted molar refractivity (Wildman–Crippen MR) is 140 cm³/mol. The van der Waals surface area contributed by atoms with Gasteiger partial charge in [-0.15, -0.1) is 0 Å². The number of carbonyl (C=O) groups excluding carboxylic acids is 1. The molecular weight excluding hydrogens is 424 g/mol. The minimum absolute atomic E-state index is 0.117. The minimum atomic E-state index is -0.117. The lowest BCUT2D eigenvalue weighted by Gasteiger charge is -2.30. The molecule has 1 fully saturated rings. The number of anilines is 3. The van der Waals surface area contributed by atoms with Gasteiger partial charge in [0.05, 0.1) is 5.69 Å². The molecule has 2 aromatic rings. The van der Waals surface area contributed by atoms with Gasteiger partial charge in [0.15, 0.2) is 0 Å². The molecule has 184 valence electrons. The number of hydrogen-bond donors (Lipinski definition) is 3. The molecule has 2 amide bonds. The number of fused-ring (bicyclic) bond motifs is 1. The molecule has 34 heavy (non-hydrogen) atoms. The van der Waals surface area contributed by atoms with Crippen LogP contribution in [0, 0.1) is 26.7 Å². The minimum Gasteiger partial charge on any atom is -0.362 e. The number of nitrogens with one attached hydrogen (secondary N) is 3. The molecule has 0 bridgehead atoms. The molecule has 2 aliphatic carbocycles. The molecule has 0 saturated heterocycles. The third kappa shape index (κ3) is 5.80. The second kappa shape index (κ2) is 10.6. The Labute approximate surface area is 204 Å². The van der Waals surface area contributed by atoms with Crippen LogP contribution in [0.5, 0.6) is 0 Å². The molecular formula is C27H40N6O. The Morgan fingerprint density at radius 2 is 1.68 bits per heavy atom. The Morgan fingerprint density at radius 1 is 1.00 bits per heavy atom. The first-order valence-corrected chi connectivity index (χ1v) is 12.8. The topological polar surface area (TPSA) is 82.2 Å². The summed E-state index contributed by atoms with van der Waals surface area (Å²) in [5.74, 6) is 2.34. The van der Waals surface area contributed by atoms with Crippen molar-refractivity contribution >= 4 is 23.5 Å². The third-order valence-electron chi connectivity index (χ3n) is 7.23. The van der Waals surface area contributed by atoms with Gasteiger partial charge in [-0.1, -0.05) is 17.7 Å². The largest absolute Gasteiger partial charge is 0.362 e. The number of aromatic nitrogens is 2. The van der Waals surface area contributed by atoms with Crippen molar-refractivity contribution in [1.29, 1.82) is 0 Å². The highest BCUT2D eigenvalue weighted by Gasteiger charge is 2.24. The molecule has 0 unspecified atom stereocenters. The van der Waals surface area contributed by atoms with Crippen molar-refractivity contribution in [2.45, 2.75) is 78.2 Å². The second-order valence-corrected chi connectivity index (χ2v) is 10.4. The Morgan fingerprint density at radius 3 is 2.35 bits per heavy atom. The van der Waals surface area contributed by atoms with E-state index in [0.29, 0.717) is 18.5 Å². The zero-order valence-electron chi connectivity index (χ0n) is 21.4. The molecule has 0 aliphatic heterocycles. The Hall–Kier alpha value is -2.83. The van der Waals surface area contributed by atoms with E-state index in [9.17, 15) is 4.79 Å². The molecule has 7 heteroatoms. The summed E-state index contributed by atoms with van der Waals surface area (Å²) in [4.78, 5) is 24.3. The molecule has 2 aliphatic rings. The van der Waals surface area contributed by atoms with Crippen LogP contribution in [-0.4, -0.2) is 42.7 Å². The van der Waals surface area contributed by atoms with E-state index < -0.39 is 0 Å². The number of rotatable bonds is 6. The Kier molecular flexibility index (Phi) is 7.59. The molecule has 1 heterocycles. The first-order chi connectivity index (χ1) is 16.3. The maximum absolute atomic E-state index is 12.5. The average Bonchev–Trinajstić information content (AvgIpc) is 2.80. The number of hydrogen-bond acceptors (Lipinski definition) is 5. The molecule has 0 spiro atoms. The molecule has 7 nitrogen and oxygen atoms in total. The fourth-order valence-electron chi connectivity index (χ4n) is 5.47. The van der Waals surface area contributed by atoms with Gasteiger partial charge in [-0.05, 0) is 89.2 Å². The van der Waals surface area contributed by atoms with Crippen LogP contribution in [0.3, 0.4) is 0 Å². The second-order valence-electron chi connectivity index (χ2n) is 10.4. The monoisotopic (exact) mass is 464 g/mol. The van der Waals surface area contributed by atoms with Crippen LogP contribution in [0.1, 0.15) is 66.5 Å². The quantitative estimate of drug-likeness (QED) is 0.551. The third-order valence-corrected chi connectivity index (χ3v) is 7.23. The Bertz CT molecular complexity index is 1000. The highest BCUT2D eigenvalue weighted by atomic mass is 16.2. The summed E-state index contributed by atoms with van der Waals surface area (Å²) in [6.07, 6.45) is 8.89. The molecule has 4 rings (SSSR count). The summed E-state index contributed by atoms with van der Waals surface area (Å²) in [6.45, 7) is 6.87. The highest BCUT2D eigenvalue weighted by Crippen LogP contribution is 2.30. The van der Waals surface area contributed by atoms with Crippen LogP contribution in [0.2, 0.25) is 0 Å². The van der Waals surface area contributed by atoms with E-state index in [-0.39, 0.29) is 6.03 Å². The van der Waals surface area contributed by atoms with Crippen LogP contribution in [0.15, 0.2) is 12.1 Å². The SMILES string of the molecule is Cc1cc(C)c(NC(=O)NCC2CCC(Nc3nc4c(c(N(C)C)n3)CCCC4)CC2)c(C)c1. The van der Waals surface area contributed by atoms with Crippen molar-refractivity contribution in [3.8, 4) is 0 Å². The lowest BCUT2D eigenvalue weighted by atomic mass is 9.86. The van der Waals surface area contributed by atoms with Crippen LogP contribution in [-0.2, 0) is 12.8 Å². The molecule has 1 aromatic heterocycles. The Balaban J connectivity index is 1.26. The normalized spacial score (nSPS) is 19.8. The number of benzene rings is 1. The lowest BCUT2D eigenvalue weighted by Crippen LogP contribution is -2.36. The van der Waals surface area contributed by atoms with Crippen molar-refractivity contribution < 1.29 is 4.79 Å². The summed E-state index contributed by atoms with van der Waals surface area (Å²) >= 11 is 0. The van der Waals surface area contributed by atoms with E-state index in [1.54, 1.807) is 0 Å². The predicted octanol–water partition coefficient (Wildman–Crippen LogP) is 5.14. The zero-order chi connectivity index (χ0) is 24.2. The smallest absolute Gasteiger partial charge is 0.319 e. The number of urea groups is 1. The highest BCUT2D eigenvalue weighted by molar-refractivity contribution is 5.91. The first kappa shape index (κ1) is 24.3. The van der Waals surface area contributed by atoms with E-state index in [0.717, 1.165) is 67.1 Å². The van der Waals surface area contributed by atoms with Gasteiger partial charge in [0.25, 0.3) is 0 Å². The van der Waals surface area contributed by atoms with Gasteiger partial charge in [0, 0.05) is 37.9 Å². The standard InChI is InChI=1S/C27H40N6O/c1-17-14-18(2)24(19(3)15-17)31-27(34)28-16-20-10-12-21(13-11-20)29-26-30-23-9-7-6-8-22(23)25(32-26)33(4)5/h14-15,20-21H,6-13,16H2,1-5H3,(H2,28,31,34)(H,29,30,32). The molecule has 0 atom stereocenters. The van der Waals surface area contributed by atoms with Crippen molar-refractivity contribution in [1.82, 2.24) is 15.3 Å². The fourth-order valence-corrected chi connectivity index (χ4v) is 5.47. The van der Waals surface area contributed by atoms with E-state index in [1.807, 2.05) is 13.8 Å². The molecule has 1 aromatic carbocycles. The molecule has 1 saturated carbocycles. The number of carbonyl (C=O) groups is 1. The maximum atomic E-state index is 12.5. The summed E-state index contributed by atoms with van der Waals surface area (Å²) < 4.78 is 0. The fraction of sp³-hybridized carbons (Fsp3) is 0.593. The van der Waals surface area contributed by atoms with Crippen molar-refractivity contribution in [3.05, 3.63) is 40.1 Å². The first-order valence-electron chi connectivity index (χ1n) is 12.8. The lowest BCUT2D eigenvalue weighted by molar-refractivity contribution is 0.246. The van der Waals surface area contributed by atoms with Gasteiger partial charge in [-0.2, -0.15) is 4.98 Å². The van der Waals surface area contributed by atoms with Crippen LogP contribution in [0.25, 0.3) is 0 Å². The summed E-state index contributed by atoms with van der Waals surface area (Å²) in [5, 5.41) is 9.74. The van der Waals surface area contributed by atoms with Gasteiger partial charge in [0.2, 0.25) is 5.95 Å². The van der Waals surface area contributed by atoms with Crippen LogP contribution in [0.4, 0.5) is 22.2 Å². The van der Waals surface area contributed by atoms with Crippen molar-refractivity contribution in [3.63, 3.8) is 0 Å². The molecule has 0 radical (unpaired) electrons. The van der Waals surface area contributed by atoms with Gasteiger partial charge in [-0.3, -0.25) is 0 Å². The van der Waals surface area contributed by atoms with E-state index in [2.05, 4.69) is 54.0 Å². The summed E-state index contributed by atoms with van der Waals surface area (Å²) in [5.41, 5.74) is 6.87.